The summed E-state index contributed by atoms with van der Waals surface area (Å²) >= 11 is 0. The summed E-state index contributed by atoms with van der Waals surface area (Å²) < 4.78 is 0. The number of carbonyl (C=O) groups excluding carboxylic acids is 1. The zero-order valence-electron chi connectivity index (χ0n) is 8.03. The zero-order valence-corrected chi connectivity index (χ0v) is 8.03. The van der Waals surface area contributed by atoms with Crippen molar-refractivity contribution in [1.29, 1.82) is 5.26 Å². The van der Waals surface area contributed by atoms with Crippen LogP contribution in [-0.4, -0.2) is 12.8 Å². The average Bonchev–Trinajstić information content (AvgIpc) is 2.26. The fraction of sp³-hybridized carbons (Fsp3) is 0.273. The van der Waals surface area contributed by atoms with Gasteiger partial charge in [0.05, 0.1) is 11.6 Å². The summed E-state index contributed by atoms with van der Waals surface area (Å²) in [5.41, 5.74) is 1.57. The third-order valence-corrected chi connectivity index (χ3v) is 1.87. The molecule has 1 N–H and O–H groups in total. The molecule has 1 aromatic carbocycles. The van der Waals surface area contributed by atoms with E-state index in [1.54, 1.807) is 12.1 Å². The van der Waals surface area contributed by atoms with Gasteiger partial charge in [-0.25, -0.2) is 0 Å². The van der Waals surface area contributed by atoms with Gasteiger partial charge < -0.3 is 10.1 Å². The number of hydrogen-bond acceptors (Lipinski definition) is 3. The number of benzene rings is 1. The minimum absolute atomic E-state index is 0.00523. The molecule has 3 nitrogen and oxygen atoms in total. The number of nitrogens with one attached hydrogen (secondary N) is 1. The Morgan fingerprint density at radius 1 is 1.50 bits per heavy atom. The molecule has 1 rings (SSSR count). The van der Waals surface area contributed by atoms with Gasteiger partial charge >= 0.3 is 0 Å². The van der Waals surface area contributed by atoms with Crippen molar-refractivity contribution < 1.29 is 4.79 Å². The van der Waals surface area contributed by atoms with Crippen molar-refractivity contribution in [1.82, 2.24) is 0 Å². The normalized spacial score (nSPS) is 11.4. The van der Waals surface area contributed by atoms with Gasteiger partial charge in [0, 0.05) is 18.2 Å². The lowest BCUT2D eigenvalue weighted by molar-refractivity contribution is -0.110. The van der Waals surface area contributed by atoms with Gasteiger partial charge in [0.2, 0.25) is 0 Å². The lowest BCUT2D eigenvalue weighted by Gasteiger charge is -2.07. The number of carbonyl (C=O) groups is 1. The molecule has 0 aliphatic carbocycles. The predicted octanol–water partition coefficient (Wildman–Crippen LogP) is 1.81. The van der Waals surface area contributed by atoms with Crippen molar-refractivity contribution in [3.8, 4) is 6.07 Å². The van der Waals surface area contributed by atoms with Crippen molar-refractivity contribution in [3.63, 3.8) is 0 Å². The lowest BCUT2D eigenvalue weighted by Crippen LogP contribution is -2.11. The highest BCUT2D eigenvalue weighted by Gasteiger charge is 1.98. The maximum absolute atomic E-state index is 10.3. The van der Waals surface area contributed by atoms with E-state index in [4.69, 9.17) is 5.26 Å². The predicted molar refractivity (Wildman–Crippen MR) is 54.9 cm³/mol. The first kappa shape index (κ1) is 10.3. The number of aldehydes is 1. The van der Waals surface area contributed by atoms with E-state index in [1.807, 2.05) is 25.1 Å². The van der Waals surface area contributed by atoms with Crippen LogP contribution in [0.4, 0.5) is 5.69 Å². The minimum Gasteiger partial charge on any atom is -0.384 e. The Morgan fingerprint density at radius 3 is 2.64 bits per heavy atom. The molecule has 0 saturated carbocycles. The van der Waals surface area contributed by atoms with Crippen LogP contribution < -0.4 is 5.32 Å². The van der Waals surface area contributed by atoms with Gasteiger partial charge in [0.15, 0.2) is 0 Å². The number of hydrogen-bond donors (Lipinski definition) is 1. The summed E-state index contributed by atoms with van der Waals surface area (Å²) in [6.45, 7) is 2.47. The molecule has 14 heavy (non-hydrogen) atoms. The standard InChI is InChI=1S/C11H12N2O/c1-9(8-14)7-13-11-4-2-10(6-12)3-5-11/h2-5,8-9,13H,7H2,1H3. The Hall–Kier alpha value is -1.82. The van der Waals surface area contributed by atoms with Gasteiger partial charge in [-0.05, 0) is 24.3 Å². The van der Waals surface area contributed by atoms with E-state index in [1.165, 1.54) is 0 Å². The molecule has 0 heterocycles. The van der Waals surface area contributed by atoms with Crippen molar-refractivity contribution in [2.24, 2.45) is 5.92 Å². The SMILES string of the molecule is CC(C=O)CNc1ccc(C#N)cc1. The van der Waals surface area contributed by atoms with Crippen LogP contribution in [0.2, 0.25) is 0 Å². The smallest absolute Gasteiger partial charge is 0.124 e. The Labute approximate surface area is 83.4 Å². The van der Waals surface area contributed by atoms with Crippen LogP contribution in [0.1, 0.15) is 12.5 Å². The van der Waals surface area contributed by atoms with Gasteiger partial charge in [0.25, 0.3) is 0 Å². The highest BCUT2D eigenvalue weighted by atomic mass is 16.1. The molecule has 0 bridgehead atoms. The molecule has 0 radical (unpaired) electrons. The van der Waals surface area contributed by atoms with E-state index in [0.717, 1.165) is 12.0 Å². The molecule has 0 spiro atoms. The van der Waals surface area contributed by atoms with Crippen molar-refractivity contribution in [2.45, 2.75) is 6.92 Å². The quantitative estimate of drug-likeness (QED) is 0.733. The highest BCUT2D eigenvalue weighted by molar-refractivity contribution is 5.55. The van der Waals surface area contributed by atoms with Crippen LogP contribution in [0.15, 0.2) is 24.3 Å². The van der Waals surface area contributed by atoms with Crippen LogP contribution in [-0.2, 0) is 4.79 Å². The third-order valence-electron chi connectivity index (χ3n) is 1.87. The number of anilines is 1. The van der Waals surface area contributed by atoms with Gasteiger partial charge in [-0.3, -0.25) is 0 Å². The number of nitrogens with zero attached hydrogens (tertiary/aromatic N) is 1. The molecule has 1 atom stereocenters. The minimum atomic E-state index is 0.00523. The zero-order chi connectivity index (χ0) is 10.4. The molecule has 0 saturated heterocycles. The second-order valence-corrected chi connectivity index (χ2v) is 3.18. The van der Waals surface area contributed by atoms with Crippen LogP contribution in [0.25, 0.3) is 0 Å². The maximum atomic E-state index is 10.3. The van der Waals surface area contributed by atoms with E-state index in [2.05, 4.69) is 5.32 Å². The molecule has 1 aromatic rings. The monoisotopic (exact) mass is 188 g/mol. The molecule has 72 valence electrons. The molecule has 1 unspecified atom stereocenters. The van der Waals surface area contributed by atoms with Crippen molar-refractivity contribution in [3.05, 3.63) is 29.8 Å². The molecule has 3 heteroatoms. The summed E-state index contributed by atoms with van der Waals surface area (Å²) in [4.78, 5) is 10.3. The number of nitriles is 1. The second-order valence-electron chi connectivity index (χ2n) is 3.18. The average molecular weight is 188 g/mol. The van der Waals surface area contributed by atoms with E-state index < -0.39 is 0 Å². The third kappa shape index (κ3) is 2.91. The summed E-state index contributed by atoms with van der Waals surface area (Å²) in [6, 6.07) is 9.19. The van der Waals surface area contributed by atoms with Gasteiger partial charge in [0.1, 0.15) is 6.29 Å². The molecule has 0 fully saturated rings. The highest BCUT2D eigenvalue weighted by Crippen LogP contribution is 2.08. The van der Waals surface area contributed by atoms with Crippen LogP contribution in [0.3, 0.4) is 0 Å². The Balaban J connectivity index is 2.52. The summed E-state index contributed by atoms with van der Waals surface area (Å²) in [5.74, 6) is 0.00523. The van der Waals surface area contributed by atoms with Gasteiger partial charge in [-0.2, -0.15) is 5.26 Å². The summed E-state index contributed by atoms with van der Waals surface area (Å²) in [7, 11) is 0. The van der Waals surface area contributed by atoms with E-state index in [9.17, 15) is 4.79 Å². The van der Waals surface area contributed by atoms with Gasteiger partial charge in [-0.15, -0.1) is 0 Å². The molecule has 0 aliphatic rings. The molecule has 0 aromatic heterocycles. The van der Waals surface area contributed by atoms with Crippen LogP contribution >= 0.6 is 0 Å². The molecular formula is C11H12N2O. The molecular weight excluding hydrogens is 176 g/mol. The summed E-state index contributed by atoms with van der Waals surface area (Å²) in [6.07, 6.45) is 0.913. The van der Waals surface area contributed by atoms with Crippen LogP contribution in [0, 0.1) is 17.2 Å². The van der Waals surface area contributed by atoms with Crippen LogP contribution in [0.5, 0.6) is 0 Å². The Morgan fingerprint density at radius 2 is 2.14 bits per heavy atom. The molecule has 0 aliphatic heterocycles. The first-order valence-corrected chi connectivity index (χ1v) is 4.45. The van der Waals surface area contributed by atoms with E-state index in [-0.39, 0.29) is 5.92 Å². The lowest BCUT2D eigenvalue weighted by atomic mass is 10.2. The number of rotatable bonds is 4. The van der Waals surface area contributed by atoms with E-state index >= 15 is 0 Å². The fourth-order valence-corrected chi connectivity index (χ4v) is 0.990. The summed E-state index contributed by atoms with van der Waals surface area (Å²) in [5, 5.41) is 11.7. The van der Waals surface area contributed by atoms with E-state index in [0.29, 0.717) is 12.1 Å². The first-order valence-electron chi connectivity index (χ1n) is 4.45. The largest absolute Gasteiger partial charge is 0.384 e. The molecule has 0 amide bonds. The van der Waals surface area contributed by atoms with Crippen molar-refractivity contribution >= 4 is 12.0 Å². The fourth-order valence-electron chi connectivity index (χ4n) is 0.990. The Kier molecular flexibility index (Phi) is 3.69. The van der Waals surface area contributed by atoms with Crippen molar-refractivity contribution in [2.75, 3.05) is 11.9 Å². The van der Waals surface area contributed by atoms with Gasteiger partial charge in [-0.1, -0.05) is 6.92 Å². The topological polar surface area (TPSA) is 52.9 Å². The first-order chi connectivity index (χ1) is 6.76. The maximum Gasteiger partial charge on any atom is 0.124 e. The second kappa shape index (κ2) is 5.03. The Bertz CT molecular complexity index is 337.